The van der Waals surface area contributed by atoms with E-state index in [1.54, 1.807) is 0 Å². The summed E-state index contributed by atoms with van der Waals surface area (Å²) in [6, 6.07) is 16.0. The van der Waals surface area contributed by atoms with E-state index in [2.05, 4.69) is 6.07 Å². The molecule has 0 bridgehead atoms. The molecule has 1 aliphatic rings. The van der Waals surface area contributed by atoms with Gasteiger partial charge in [0.1, 0.15) is 0 Å². The van der Waals surface area contributed by atoms with Gasteiger partial charge in [0.2, 0.25) is 0 Å². The summed E-state index contributed by atoms with van der Waals surface area (Å²) in [6.45, 7) is 1.31. The highest BCUT2D eigenvalue weighted by molar-refractivity contribution is 5.69. The molecule has 3 heteroatoms. The van der Waals surface area contributed by atoms with Crippen LogP contribution in [0.4, 0.5) is 5.69 Å². The molecular weight excluding hydrogens is 226 g/mol. The first kappa shape index (κ1) is 11.3. The number of benzene rings is 2. The lowest BCUT2D eigenvalue weighted by Gasteiger charge is -2.14. The highest BCUT2D eigenvalue weighted by Gasteiger charge is 2.21. The fourth-order valence-electron chi connectivity index (χ4n) is 2.17. The van der Waals surface area contributed by atoms with Crippen LogP contribution in [-0.2, 0) is 9.47 Å². The summed E-state index contributed by atoms with van der Waals surface area (Å²) in [7, 11) is 0. The third-order valence-electron chi connectivity index (χ3n) is 3.06. The van der Waals surface area contributed by atoms with Gasteiger partial charge in [-0.05, 0) is 23.3 Å². The third kappa shape index (κ3) is 2.10. The van der Waals surface area contributed by atoms with Crippen LogP contribution in [0.3, 0.4) is 0 Å². The van der Waals surface area contributed by atoms with Crippen molar-refractivity contribution >= 4 is 5.69 Å². The Morgan fingerprint density at radius 1 is 0.889 bits per heavy atom. The number of rotatable bonds is 2. The van der Waals surface area contributed by atoms with Gasteiger partial charge in [0.05, 0.1) is 13.2 Å². The molecular formula is C15H15NO2. The van der Waals surface area contributed by atoms with E-state index >= 15 is 0 Å². The molecule has 18 heavy (non-hydrogen) atoms. The van der Waals surface area contributed by atoms with Gasteiger partial charge in [-0.3, -0.25) is 0 Å². The molecule has 1 fully saturated rings. The minimum atomic E-state index is -0.251. The van der Waals surface area contributed by atoms with Crippen molar-refractivity contribution in [3.63, 3.8) is 0 Å². The standard InChI is InChI=1S/C15H15NO2/c16-12-7-5-11(6-8-12)13-3-1-2-4-14(13)15-17-9-10-18-15/h1-8,15H,9-10,16H2. The molecule has 0 spiro atoms. The molecule has 2 N–H and O–H groups in total. The number of anilines is 1. The van der Waals surface area contributed by atoms with E-state index in [9.17, 15) is 0 Å². The van der Waals surface area contributed by atoms with E-state index in [1.165, 1.54) is 0 Å². The number of nitrogens with two attached hydrogens (primary N) is 1. The highest BCUT2D eigenvalue weighted by Crippen LogP contribution is 2.32. The zero-order valence-corrected chi connectivity index (χ0v) is 10.0. The Balaban J connectivity index is 2.03. The van der Waals surface area contributed by atoms with Crippen molar-refractivity contribution in [2.24, 2.45) is 0 Å². The molecule has 0 amide bonds. The number of ether oxygens (including phenoxy) is 2. The van der Waals surface area contributed by atoms with Crippen LogP contribution < -0.4 is 5.73 Å². The summed E-state index contributed by atoms with van der Waals surface area (Å²) < 4.78 is 11.2. The molecule has 0 atom stereocenters. The molecule has 3 nitrogen and oxygen atoms in total. The molecule has 1 aliphatic heterocycles. The van der Waals surface area contributed by atoms with Crippen molar-refractivity contribution in [2.75, 3.05) is 18.9 Å². The van der Waals surface area contributed by atoms with Crippen LogP contribution in [0.1, 0.15) is 11.9 Å². The van der Waals surface area contributed by atoms with Crippen molar-refractivity contribution in [3.05, 3.63) is 54.1 Å². The molecule has 0 radical (unpaired) electrons. The summed E-state index contributed by atoms with van der Waals surface area (Å²) in [5.74, 6) is 0. The van der Waals surface area contributed by atoms with Gasteiger partial charge < -0.3 is 15.2 Å². The number of nitrogen functional groups attached to an aromatic ring is 1. The predicted octanol–water partition coefficient (Wildman–Crippen LogP) is 2.98. The van der Waals surface area contributed by atoms with Gasteiger partial charge in [0, 0.05) is 11.3 Å². The van der Waals surface area contributed by atoms with Crippen LogP contribution in [0, 0.1) is 0 Å². The summed E-state index contributed by atoms with van der Waals surface area (Å²) >= 11 is 0. The van der Waals surface area contributed by atoms with E-state index in [0.717, 1.165) is 22.4 Å². The Hall–Kier alpha value is -1.84. The lowest BCUT2D eigenvalue weighted by atomic mass is 9.99. The first-order valence-corrected chi connectivity index (χ1v) is 6.02. The van der Waals surface area contributed by atoms with E-state index in [4.69, 9.17) is 15.2 Å². The van der Waals surface area contributed by atoms with Gasteiger partial charge in [-0.15, -0.1) is 0 Å². The average molecular weight is 241 g/mol. The van der Waals surface area contributed by atoms with Crippen molar-refractivity contribution < 1.29 is 9.47 Å². The van der Waals surface area contributed by atoms with Crippen LogP contribution in [0.5, 0.6) is 0 Å². The number of hydrogen-bond donors (Lipinski definition) is 1. The van der Waals surface area contributed by atoms with Crippen molar-refractivity contribution in [1.82, 2.24) is 0 Å². The monoisotopic (exact) mass is 241 g/mol. The maximum absolute atomic E-state index is 5.72. The molecule has 0 unspecified atom stereocenters. The van der Waals surface area contributed by atoms with Crippen LogP contribution in [0.2, 0.25) is 0 Å². The zero-order valence-electron chi connectivity index (χ0n) is 10.0. The van der Waals surface area contributed by atoms with E-state index in [1.807, 2.05) is 42.5 Å². The predicted molar refractivity (Wildman–Crippen MR) is 70.9 cm³/mol. The van der Waals surface area contributed by atoms with Gasteiger partial charge >= 0.3 is 0 Å². The van der Waals surface area contributed by atoms with Crippen LogP contribution in [0.15, 0.2) is 48.5 Å². The quantitative estimate of drug-likeness (QED) is 0.822. The largest absolute Gasteiger partial charge is 0.399 e. The van der Waals surface area contributed by atoms with Crippen molar-refractivity contribution in [3.8, 4) is 11.1 Å². The average Bonchev–Trinajstić information content (AvgIpc) is 2.93. The smallest absolute Gasteiger partial charge is 0.184 e. The highest BCUT2D eigenvalue weighted by atomic mass is 16.7. The molecule has 1 saturated heterocycles. The molecule has 1 heterocycles. The fraction of sp³-hybridized carbons (Fsp3) is 0.200. The first-order valence-electron chi connectivity index (χ1n) is 6.02. The number of hydrogen-bond acceptors (Lipinski definition) is 3. The van der Waals surface area contributed by atoms with Crippen molar-refractivity contribution in [2.45, 2.75) is 6.29 Å². The van der Waals surface area contributed by atoms with Gasteiger partial charge in [-0.25, -0.2) is 0 Å². The second kappa shape index (κ2) is 4.80. The van der Waals surface area contributed by atoms with Crippen LogP contribution in [-0.4, -0.2) is 13.2 Å². The van der Waals surface area contributed by atoms with Gasteiger partial charge in [-0.2, -0.15) is 0 Å². The van der Waals surface area contributed by atoms with Crippen LogP contribution in [0.25, 0.3) is 11.1 Å². The van der Waals surface area contributed by atoms with Gasteiger partial charge in [-0.1, -0.05) is 36.4 Å². The van der Waals surface area contributed by atoms with E-state index < -0.39 is 0 Å². The normalized spacial score (nSPS) is 16.0. The van der Waals surface area contributed by atoms with Gasteiger partial charge in [0.25, 0.3) is 0 Å². The summed E-state index contributed by atoms with van der Waals surface area (Å²) in [4.78, 5) is 0. The lowest BCUT2D eigenvalue weighted by Crippen LogP contribution is -2.00. The molecule has 92 valence electrons. The fourth-order valence-corrected chi connectivity index (χ4v) is 2.17. The molecule has 0 saturated carbocycles. The minimum absolute atomic E-state index is 0.251. The third-order valence-corrected chi connectivity index (χ3v) is 3.06. The summed E-state index contributed by atoms with van der Waals surface area (Å²) in [6.07, 6.45) is -0.251. The SMILES string of the molecule is Nc1ccc(-c2ccccc2C2OCCO2)cc1. The van der Waals surface area contributed by atoms with Gasteiger partial charge in [0.15, 0.2) is 6.29 Å². The van der Waals surface area contributed by atoms with E-state index in [0.29, 0.717) is 13.2 Å². The molecule has 0 aliphatic carbocycles. The maximum atomic E-state index is 5.72. The minimum Gasteiger partial charge on any atom is -0.399 e. The second-order valence-electron chi connectivity index (χ2n) is 4.28. The summed E-state index contributed by atoms with van der Waals surface area (Å²) in [5.41, 5.74) is 9.81. The topological polar surface area (TPSA) is 44.5 Å². The Labute approximate surface area is 106 Å². The van der Waals surface area contributed by atoms with E-state index in [-0.39, 0.29) is 6.29 Å². The molecule has 0 aromatic heterocycles. The lowest BCUT2D eigenvalue weighted by molar-refractivity contribution is -0.0436. The second-order valence-corrected chi connectivity index (χ2v) is 4.28. The van der Waals surface area contributed by atoms with Crippen LogP contribution >= 0.6 is 0 Å². The first-order chi connectivity index (χ1) is 8.84. The Morgan fingerprint density at radius 2 is 1.56 bits per heavy atom. The Morgan fingerprint density at radius 3 is 2.28 bits per heavy atom. The zero-order chi connectivity index (χ0) is 12.4. The maximum Gasteiger partial charge on any atom is 0.184 e. The Kier molecular flexibility index (Phi) is 3.00. The Bertz CT molecular complexity index is 530. The van der Waals surface area contributed by atoms with Crippen molar-refractivity contribution in [1.29, 1.82) is 0 Å². The summed E-state index contributed by atoms with van der Waals surface area (Å²) in [5, 5.41) is 0. The molecule has 2 aromatic carbocycles. The molecule has 3 rings (SSSR count). The molecule has 2 aromatic rings.